The maximum atomic E-state index is 16.0. The van der Waals surface area contributed by atoms with Crippen LogP contribution in [0.15, 0.2) is 40.8 Å². The summed E-state index contributed by atoms with van der Waals surface area (Å²) in [5, 5.41) is 5.09. The zero-order valence-electron chi connectivity index (χ0n) is 21.8. The summed E-state index contributed by atoms with van der Waals surface area (Å²) in [7, 11) is 1.02. The molecule has 2 aromatic carbocycles. The molecule has 0 unspecified atom stereocenters. The first-order valence-corrected chi connectivity index (χ1v) is 12.4. The van der Waals surface area contributed by atoms with E-state index in [0.717, 1.165) is 12.1 Å². The summed E-state index contributed by atoms with van der Waals surface area (Å²) < 4.78 is 71.9. The van der Waals surface area contributed by atoms with Crippen molar-refractivity contribution in [2.75, 3.05) is 23.6 Å². The van der Waals surface area contributed by atoms with Crippen LogP contribution in [0.3, 0.4) is 0 Å². The number of fused-ring (bicyclic) bond motifs is 8. The number of anilines is 2. The van der Waals surface area contributed by atoms with Crippen LogP contribution in [0.25, 0.3) is 0 Å². The van der Waals surface area contributed by atoms with Crippen molar-refractivity contribution in [2.24, 2.45) is 5.10 Å². The second kappa shape index (κ2) is 8.29. The number of esters is 1. The highest BCUT2D eigenvalue weighted by Gasteiger charge is 2.66. The Morgan fingerprint density at radius 1 is 1.02 bits per heavy atom. The van der Waals surface area contributed by atoms with E-state index in [1.165, 1.54) is 29.2 Å². The third kappa shape index (κ3) is 3.08. The van der Waals surface area contributed by atoms with Gasteiger partial charge < -0.3 is 14.4 Å². The second-order valence-electron chi connectivity index (χ2n) is 10.6. The highest BCUT2D eigenvalue weighted by molar-refractivity contribution is 6.27. The molecule has 4 heterocycles. The number of benzene rings is 2. The van der Waals surface area contributed by atoms with Gasteiger partial charge in [-0.3, -0.25) is 4.79 Å². The lowest BCUT2D eigenvalue weighted by molar-refractivity contribution is -0.138. The van der Waals surface area contributed by atoms with Crippen LogP contribution in [0.4, 0.5) is 33.7 Å². The van der Waals surface area contributed by atoms with E-state index in [0.29, 0.717) is 23.6 Å². The third-order valence-corrected chi connectivity index (χ3v) is 7.23. The summed E-state index contributed by atoms with van der Waals surface area (Å²) >= 11 is 0. The number of nitrogens with zero attached hydrogens (tertiary/aromatic N) is 4. The first-order valence-electron chi connectivity index (χ1n) is 12.4. The average molecular weight is 558 g/mol. The number of imide groups is 1. The van der Waals surface area contributed by atoms with E-state index in [2.05, 4.69) is 5.10 Å². The van der Waals surface area contributed by atoms with E-state index in [1.54, 1.807) is 20.8 Å². The highest BCUT2D eigenvalue weighted by Crippen LogP contribution is 2.60. The van der Waals surface area contributed by atoms with Crippen LogP contribution in [0.5, 0.6) is 0 Å². The van der Waals surface area contributed by atoms with Crippen molar-refractivity contribution >= 4 is 35.2 Å². The molecule has 4 aliphatic heterocycles. The Bertz CT molecular complexity index is 1610. The molecule has 0 aliphatic carbocycles. The lowest BCUT2D eigenvalue weighted by Crippen LogP contribution is -2.53. The number of carbonyl (C=O) groups is 3. The topological polar surface area (TPSA) is 91.8 Å². The van der Waals surface area contributed by atoms with E-state index in [4.69, 9.17) is 9.47 Å². The maximum Gasteiger partial charge on any atom is 0.421 e. The van der Waals surface area contributed by atoms with Crippen LogP contribution in [-0.4, -0.2) is 48.0 Å². The molecule has 2 aromatic rings. The fourth-order valence-electron chi connectivity index (χ4n) is 5.82. The van der Waals surface area contributed by atoms with Crippen LogP contribution >= 0.6 is 0 Å². The van der Waals surface area contributed by atoms with E-state index in [1.807, 2.05) is 0 Å². The van der Waals surface area contributed by atoms with Crippen molar-refractivity contribution in [2.45, 2.75) is 44.6 Å². The van der Waals surface area contributed by atoms with Gasteiger partial charge in [0.15, 0.2) is 23.3 Å². The molecule has 0 N–H and O–H groups in total. The van der Waals surface area contributed by atoms with E-state index < -0.39 is 69.1 Å². The van der Waals surface area contributed by atoms with Gasteiger partial charge in [0.25, 0.3) is 5.91 Å². The van der Waals surface area contributed by atoms with Gasteiger partial charge >= 0.3 is 12.1 Å². The molecule has 40 heavy (non-hydrogen) atoms. The van der Waals surface area contributed by atoms with Crippen LogP contribution in [0.2, 0.25) is 0 Å². The molecular formula is C27H22F4N4O5. The number of halogens is 4. The minimum Gasteiger partial charge on any atom is -0.466 e. The fourth-order valence-corrected chi connectivity index (χ4v) is 5.82. The maximum absolute atomic E-state index is 16.0. The quantitative estimate of drug-likeness (QED) is 0.221. The molecule has 6 rings (SSSR count). The first kappa shape index (κ1) is 25.8. The predicted octanol–water partition coefficient (Wildman–Crippen LogP) is 4.44. The normalized spacial score (nSPS) is 20.9. The third-order valence-electron chi connectivity index (χ3n) is 7.23. The molecular weight excluding hydrogens is 536 g/mol. The SMILES string of the molecule is COC(=O)C1=C2N3CCCC3=NN2c2c(F)c(F)c(F)c(F)c2[C@@]12C(=O)N(C(=O)OC(C)(C)C)c1ccccc12. The predicted molar refractivity (Wildman–Crippen MR) is 132 cm³/mol. The van der Waals surface area contributed by atoms with Crippen molar-refractivity contribution < 1.29 is 41.4 Å². The van der Waals surface area contributed by atoms with Crippen LogP contribution in [0.1, 0.15) is 44.7 Å². The van der Waals surface area contributed by atoms with Crippen LogP contribution in [-0.2, 0) is 24.5 Å². The molecule has 0 aromatic heterocycles. The molecule has 9 nitrogen and oxygen atoms in total. The number of ether oxygens (including phenoxy) is 2. The number of hydrogen-bond acceptors (Lipinski definition) is 8. The number of rotatable bonds is 1. The van der Waals surface area contributed by atoms with Gasteiger partial charge in [0, 0.05) is 24.1 Å². The summed E-state index contributed by atoms with van der Waals surface area (Å²) in [5.74, 6) is -10.3. The van der Waals surface area contributed by atoms with E-state index in [9.17, 15) is 23.2 Å². The number of amidine groups is 1. The molecule has 1 saturated heterocycles. The van der Waals surface area contributed by atoms with Crippen molar-refractivity contribution in [1.29, 1.82) is 0 Å². The zero-order valence-corrected chi connectivity index (χ0v) is 21.8. The summed E-state index contributed by atoms with van der Waals surface area (Å²) in [4.78, 5) is 43.7. The Hall–Kier alpha value is -4.42. The Labute approximate surface area is 225 Å². The number of hydrogen-bond donors (Lipinski definition) is 0. The molecule has 0 bridgehead atoms. The number of carbonyl (C=O) groups excluding carboxylic acids is 3. The first-order chi connectivity index (χ1) is 18.9. The van der Waals surface area contributed by atoms with Crippen molar-refractivity contribution in [1.82, 2.24) is 4.90 Å². The number of para-hydroxylation sites is 1. The molecule has 0 saturated carbocycles. The lowest BCUT2D eigenvalue weighted by Gasteiger charge is -2.40. The number of amides is 2. The van der Waals surface area contributed by atoms with Crippen molar-refractivity contribution in [3.05, 3.63) is 70.1 Å². The number of methoxy groups -OCH3 is 1. The van der Waals surface area contributed by atoms with Gasteiger partial charge in [-0.1, -0.05) is 18.2 Å². The monoisotopic (exact) mass is 558 g/mol. The molecule has 13 heteroatoms. The second-order valence-corrected chi connectivity index (χ2v) is 10.6. The highest BCUT2D eigenvalue weighted by atomic mass is 19.2. The largest absolute Gasteiger partial charge is 0.466 e. The van der Waals surface area contributed by atoms with Gasteiger partial charge in [-0.05, 0) is 33.3 Å². The molecule has 208 valence electrons. The van der Waals surface area contributed by atoms with Gasteiger partial charge in [0.05, 0.1) is 12.8 Å². The van der Waals surface area contributed by atoms with Gasteiger partial charge in [0.1, 0.15) is 33.9 Å². The minimum absolute atomic E-state index is 0.117. The van der Waals surface area contributed by atoms with Gasteiger partial charge in [-0.15, -0.1) is 0 Å². The summed E-state index contributed by atoms with van der Waals surface area (Å²) in [6.07, 6.45) is -0.222. The molecule has 4 aliphatic rings. The molecule has 1 atom stereocenters. The Kier molecular flexibility index (Phi) is 5.36. The molecule has 2 amide bonds. The molecule has 1 fully saturated rings. The van der Waals surface area contributed by atoms with Gasteiger partial charge in [-0.25, -0.2) is 37.1 Å². The summed E-state index contributed by atoms with van der Waals surface area (Å²) in [6, 6.07) is 5.58. The lowest BCUT2D eigenvalue weighted by atomic mass is 9.66. The Morgan fingerprint density at radius 3 is 2.38 bits per heavy atom. The zero-order chi connectivity index (χ0) is 28.9. The summed E-state index contributed by atoms with van der Waals surface area (Å²) in [5.41, 5.74) is -6.46. The van der Waals surface area contributed by atoms with Crippen molar-refractivity contribution in [3.63, 3.8) is 0 Å². The van der Waals surface area contributed by atoms with E-state index >= 15 is 8.78 Å². The van der Waals surface area contributed by atoms with Gasteiger partial charge in [0.2, 0.25) is 0 Å². The fraction of sp³-hybridized carbons (Fsp3) is 0.333. The molecule has 1 spiro atoms. The van der Waals surface area contributed by atoms with Crippen LogP contribution < -0.4 is 9.91 Å². The Balaban J connectivity index is 1.79. The number of hydrazone groups is 1. The smallest absolute Gasteiger partial charge is 0.421 e. The Morgan fingerprint density at radius 2 is 1.70 bits per heavy atom. The molecule has 0 radical (unpaired) electrons. The van der Waals surface area contributed by atoms with Crippen LogP contribution in [0, 0.1) is 23.3 Å². The standard InChI is InChI=1S/C27H22F4N4O5/c1-26(2,3)40-25(38)34-13-9-6-5-8-12(13)27(24(34)37)15-17(28)18(29)19(30)20(31)21(15)35-22(16(27)23(36)39-4)33-11-7-10-14(33)32-35/h5-6,8-9H,7,10-11H2,1-4H3/t27-/m1/s1. The average Bonchev–Trinajstić information content (AvgIpc) is 3.56. The summed E-state index contributed by atoms with van der Waals surface area (Å²) in [6.45, 7) is 4.94. The van der Waals surface area contributed by atoms with Crippen molar-refractivity contribution in [3.8, 4) is 0 Å². The van der Waals surface area contributed by atoms with Gasteiger partial charge in [-0.2, -0.15) is 5.10 Å². The van der Waals surface area contributed by atoms with E-state index in [-0.39, 0.29) is 23.6 Å². The minimum atomic E-state index is -2.67.